The molecule has 2 aromatic heterocycles. The lowest BCUT2D eigenvalue weighted by Crippen LogP contribution is -2.31. The summed E-state index contributed by atoms with van der Waals surface area (Å²) in [7, 11) is 0. The zero-order valence-corrected chi connectivity index (χ0v) is 23.8. The summed E-state index contributed by atoms with van der Waals surface area (Å²) in [5, 5.41) is 10.5. The van der Waals surface area contributed by atoms with Crippen LogP contribution in [-0.2, 0) is 0 Å². The van der Waals surface area contributed by atoms with Crippen LogP contribution in [0.3, 0.4) is 0 Å². The van der Waals surface area contributed by atoms with Gasteiger partial charge in [0.05, 0.1) is 16.3 Å². The van der Waals surface area contributed by atoms with E-state index in [0.29, 0.717) is 16.1 Å². The molecule has 0 bridgehead atoms. The van der Waals surface area contributed by atoms with E-state index in [4.69, 9.17) is 23.2 Å². The number of nitrogens with one attached hydrogen (secondary N) is 2. The molecular weight excluding hydrogens is 594 g/mol. The van der Waals surface area contributed by atoms with Crippen molar-refractivity contribution < 1.29 is 27.5 Å². The molecule has 0 saturated carbocycles. The quantitative estimate of drug-likeness (QED) is 0.239. The number of hydrogen-bond acceptors (Lipinski definition) is 5. The fourth-order valence-corrected chi connectivity index (χ4v) is 4.25. The van der Waals surface area contributed by atoms with Gasteiger partial charge in [-0.25, -0.2) is 9.67 Å². The number of rotatable bonds is 6. The van der Waals surface area contributed by atoms with E-state index < -0.39 is 18.2 Å². The third kappa shape index (κ3) is 7.60. The topological polar surface area (TPSA) is 98.1 Å². The molecule has 0 aliphatic heterocycles. The van der Waals surface area contributed by atoms with Crippen LogP contribution in [0.15, 0.2) is 60.8 Å². The average molecular weight is 616 g/mol. The number of amides is 2. The number of aryl methyl sites for hydroxylation is 1. The van der Waals surface area contributed by atoms with Crippen LogP contribution in [-0.4, -0.2) is 39.0 Å². The molecule has 13 heteroatoms. The summed E-state index contributed by atoms with van der Waals surface area (Å²) in [6, 6.07) is 12.4. The Kier molecular flexibility index (Phi) is 9.09. The molecule has 4 aromatic rings. The van der Waals surface area contributed by atoms with E-state index >= 15 is 0 Å². The van der Waals surface area contributed by atoms with Crippen LogP contribution in [0.4, 0.5) is 18.9 Å². The van der Waals surface area contributed by atoms with Gasteiger partial charge in [-0.15, -0.1) is 13.2 Å². The zero-order valence-electron chi connectivity index (χ0n) is 22.3. The number of hydrogen-bond donors (Lipinski definition) is 2. The summed E-state index contributed by atoms with van der Waals surface area (Å²) in [6.45, 7) is 5.30. The van der Waals surface area contributed by atoms with Crippen molar-refractivity contribution in [2.45, 2.75) is 33.2 Å². The van der Waals surface area contributed by atoms with Gasteiger partial charge < -0.3 is 15.4 Å². The molecule has 42 heavy (non-hydrogen) atoms. The molecular formula is C29H22Cl2F3N5O3. The molecule has 2 heterocycles. The van der Waals surface area contributed by atoms with Gasteiger partial charge in [0, 0.05) is 28.9 Å². The summed E-state index contributed by atoms with van der Waals surface area (Å²) >= 11 is 12.5. The lowest BCUT2D eigenvalue weighted by atomic mass is 10.1. The van der Waals surface area contributed by atoms with Crippen molar-refractivity contribution in [3.63, 3.8) is 0 Å². The van der Waals surface area contributed by atoms with Gasteiger partial charge in [-0.1, -0.05) is 29.1 Å². The molecule has 0 fully saturated rings. The van der Waals surface area contributed by atoms with Crippen LogP contribution in [0.2, 0.25) is 10.0 Å². The van der Waals surface area contributed by atoms with Gasteiger partial charge >= 0.3 is 6.36 Å². The highest BCUT2D eigenvalue weighted by atomic mass is 35.5. The molecule has 0 aliphatic carbocycles. The van der Waals surface area contributed by atoms with Crippen LogP contribution in [0.1, 0.15) is 51.5 Å². The van der Waals surface area contributed by atoms with Crippen molar-refractivity contribution in [1.82, 2.24) is 20.1 Å². The molecule has 2 amide bonds. The Morgan fingerprint density at radius 1 is 1.02 bits per heavy atom. The van der Waals surface area contributed by atoms with Crippen molar-refractivity contribution in [3.8, 4) is 23.4 Å². The number of aromatic nitrogens is 3. The van der Waals surface area contributed by atoms with E-state index in [9.17, 15) is 22.8 Å². The van der Waals surface area contributed by atoms with E-state index in [1.807, 2.05) is 0 Å². The van der Waals surface area contributed by atoms with Crippen molar-refractivity contribution in [1.29, 1.82) is 0 Å². The molecule has 0 spiro atoms. The lowest BCUT2D eigenvalue weighted by molar-refractivity contribution is -0.274. The van der Waals surface area contributed by atoms with E-state index in [0.717, 1.165) is 12.1 Å². The van der Waals surface area contributed by atoms with Gasteiger partial charge in [0.25, 0.3) is 11.8 Å². The Hall–Kier alpha value is -4.53. The highest BCUT2D eigenvalue weighted by molar-refractivity contribution is 6.32. The van der Waals surface area contributed by atoms with Gasteiger partial charge in [0.15, 0.2) is 5.82 Å². The molecule has 0 saturated heterocycles. The highest BCUT2D eigenvalue weighted by Crippen LogP contribution is 2.28. The fraction of sp³-hybridized carbons (Fsp3) is 0.172. The van der Waals surface area contributed by atoms with E-state index in [2.05, 4.69) is 37.3 Å². The van der Waals surface area contributed by atoms with E-state index in [-0.39, 0.29) is 45.3 Å². The molecule has 4 rings (SSSR count). The number of carbonyl (C=O) groups excluding carboxylic acids is 2. The maximum atomic E-state index is 13.6. The SMILES string of the molecule is Cc1cc(Cl)cc(C(=O)NC(C)C)c1NC(=O)c1cc(C#Cc2ccc(OC(F)(F)F)cc2)nn1-c1ncccc1Cl. The maximum Gasteiger partial charge on any atom is 0.573 e. The van der Waals surface area contributed by atoms with E-state index in [1.54, 1.807) is 39.0 Å². The maximum absolute atomic E-state index is 13.6. The third-order valence-electron chi connectivity index (χ3n) is 5.51. The summed E-state index contributed by atoms with van der Waals surface area (Å²) in [4.78, 5) is 30.8. The Morgan fingerprint density at radius 2 is 1.74 bits per heavy atom. The molecule has 0 radical (unpaired) electrons. The minimum absolute atomic E-state index is 0.00149. The van der Waals surface area contributed by atoms with Crippen LogP contribution in [0, 0.1) is 18.8 Å². The van der Waals surface area contributed by atoms with Crippen LogP contribution in [0.25, 0.3) is 5.82 Å². The summed E-state index contributed by atoms with van der Waals surface area (Å²) in [5.74, 6) is 4.27. The molecule has 2 aromatic carbocycles. The second-order valence-corrected chi connectivity index (χ2v) is 10.0. The first-order chi connectivity index (χ1) is 19.8. The number of ether oxygens (including phenoxy) is 1. The number of carbonyl (C=O) groups is 2. The minimum atomic E-state index is -4.81. The van der Waals surface area contributed by atoms with Crippen LogP contribution >= 0.6 is 23.2 Å². The zero-order chi connectivity index (χ0) is 30.6. The third-order valence-corrected chi connectivity index (χ3v) is 6.02. The first kappa shape index (κ1) is 30.4. The fourth-order valence-electron chi connectivity index (χ4n) is 3.78. The molecule has 216 valence electrons. The summed E-state index contributed by atoms with van der Waals surface area (Å²) in [6.07, 6.45) is -3.34. The average Bonchev–Trinajstić information content (AvgIpc) is 3.33. The number of benzene rings is 2. The van der Waals surface area contributed by atoms with Gasteiger partial charge in [-0.2, -0.15) is 5.10 Å². The first-order valence-corrected chi connectivity index (χ1v) is 13.1. The number of pyridine rings is 1. The Bertz CT molecular complexity index is 1710. The van der Waals surface area contributed by atoms with Crippen molar-refractivity contribution >= 4 is 40.7 Å². The monoisotopic (exact) mass is 615 g/mol. The normalized spacial score (nSPS) is 11.1. The van der Waals surface area contributed by atoms with Gasteiger partial charge in [0.1, 0.15) is 17.1 Å². The lowest BCUT2D eigenvalue weighted by Gasteiger charge is -2.16. The van der Waals surface area contributed by atoms with Gasteiger partial charge in [0.2, 0.25) is 0 Å². The van der Waals surface area contributed by atoms with Crippen LogP contribution < -0.4 is 15.4 Å². The summed E-state index contributed by atoms with van der Waals surface area (Å²) < 4.78 is 42.4. The molecule has 0 atom stereocenters. The number of nitrogens with zero attached hydrogens (tertiary/aromatic N) is 3. The number of alkyl halides is 3. The van der Waals surface area contributed by atoms with Crippen molar-refractivity contribution in [2.75, 3.05) is 5.32 Å². The summed E-state index contributed by atoms with van der Waals surface area (Å²) in [5.41, 5.74) is 1.47. The first-order valence-electron chi connectivity index (χ1n) is 12.3. The predicted molar refractivity (Wildman–Crippen MR) is 152 cm³/mol. The van der Waals surface area contributed by atoms with Gasteiger partial charge in [-0.3, -0.25) is 9.59 Å². The molecule has 8 nitrogen and oxygen atoms in total. The number of halogens is 5. The Morgan fingerprint density at radius 3 is 2.38 bits per heavy atom. The Balaban J connectivity index is 1.71. The van der Waals surface area contributed by atoms with E-state index in [1.165, 1.54) is 35.1 Å². The molecule has 0 unspecified atom stereocenters. The smallest absolute Gasteiger partial charge is 0.406 e. The predicted octanol–water partition coefficient (Wildman–Crippen LogP) is 6.57. The Labute approximate surface area is 248 Å². The van der Waals surface area contributed by atoms with Crippen molar-refractivity contribution in [3.05, 3.63) is 98.9 Å². The van der Waals surface area contributed by atoms with Gasteiger partial charge in [-0.05, 0) is 80.8 Å². The van der Waals surface area contributed by atoms with Crippen molar-refractivity contribution in [2.24, 2.45) is 0 Å². The second-order valence-electron chi connectivity index (χ2n) is 9.19. The largest absolute Gasteiger partial charge is 0.573 e. The van der Waals surface area contributed by atoms with Crippen LogP contribution in [0.5, 0.6) is 5.75 Å². The number of anilines is 1. The molecule has 2 N–H and O–H groups in total. The standard InChI is InChI=1S/C29H22Cl2F3N5O3/c1-16(2)36-27(40)22-14-19(30)13-17(3)25(22)37-28(41)24-15-20(38-39(24)26-23(31)5-4-12-35-26)9-6-18-7-10-21(11-8-18)42-29(32,33)34/h4-5,7-8,10-16H,1-3H3,(H,36,40)(H,37,41). The molecule has 0 aliphatic rings. The highest BCUT2D eigenvalue weighted by Gasteiger charge is 2.31. The minimum Gasteiger partial charge on any atom is -0.406 e. The second kappa shape index (κ2) is 12.5.